The van der Waals surface area contributed by atoms with Crippen LogP contribution in [0.1, 0.15) is 5.56 Å². The summed E-state index contributed by atoms with van der Waals surface area (Å²) in [7, 11) is 0. The van der Waals surface area contributed by atoms with Crippen LogP contribution >= 0.6 is 0 Å². The van der Waals surface area contributed by atoms with E-state index < -0.39 is 11.7 Å². The van der Waals surface area contributed by atoms with Gasteiger partial charge in [-0.1, -0.05) is 17.2 Å². The topological polar surface area (TPSA) is 64.9 Å². The van der Waals surface area contributed by atoms with E-state index in [0.717, 1.165) is 6.07 Å². The number of rotatable bonds is 1. The van der Waals surface area contributed by atoms with Gasteiger partial charge in [0.1, 0.15) is 0 Å². The summed E-state index contributed by atoms with van der Waals surface area (Å²) in [6.07, 6.45) is -4.47. The van der Waals surface area contributed by atoms with E-state index in [1.54, 1.807) is 0 Å². The third-order valence-electron chi connectivity index (χ3n) is 1.90. The molecule has 0 saturated carbocycles. The smallest absolute Gasteiger partial charge is 0.404 e. The summed E-state index contributed by atoms with van der Waals surface area (Å²) >= 11 is 0. The summed E-state index contributed by atoms with van der Waals surface area (Å²) in [5.74, 6) is -0.245. The largest absolute Gasteiger partial charge is 0.417 e. The zero-order chi connectivity index (χ0) is 11.8. The number of hydrogen-bond acceptors (Lipinski definition) is 4. The Balaban J connectivity index is 2.57. The zero-order valence-electron chi connectivity index (χ0n) is 7.82. The SMILES string of the molecule is Nc1nnc(-c2ccccc2C(F)(F)F)o1. The van der Waals surface area contributed by atoms with Crippen molar-refractivity contribution in [1.29, 1.82) is 0 Å². The van der Waals surface area contributed by atoms with Gasteiger partial charge in [0.2, 0.25) is 5.89 Å². The third-order valence-corrected chi connectivity index (χ3v) is 1.90. The highest BCUT2D eigenvalue weighted by Crippen LogP contribution is 2.36. The summed E-state index contributed by atoms with van der Waals surface area (Å²) < 4.78 is 42.6. The average molecular weight is 229 g/mol. The molecule has 0 radical (unpaired) electrons. The van der Waals surface area contributed by atoms with Gasteiger partial charge in [-0.2, -0.15) is 13.2 Å². The van der Waals surface area contributed by atoms with Crippen LogP contribution in [0.4, 0.5) is 19.2 Å². The minimum atomic E-state index is -4.47. The molecule has 2 rings (SSSR count). The number of alkyl halides is 3. The number of nitrogens with two attached hydrogens (primary N) is 1. The Morgan fingerprint density at radius 1 is 1.12 bits per heavy atom. The van der Waals surface area contributed by atoms with Gasteiger partial charge in [0.25, 0.3) is 0 Å². The normalized spacial score (nSPS) is 11.7. The molecule has 0 amide bonds. The molecule has 0 atom stereocenters. The average Bonchev–Trinajstić information content (AvgIpc) is 2.64. The maximum Gasteiger partial charge on any atom is 0.417 e. The number of halogens is 3. The van der Waals surface area contributed by atoms with Crippen molar-refractivity contribution in [3.8, 4) is 11.5 Å². The van der Waals surface area contributed by atoms with Gasteiger partial charge in [-0.05, 0) is 12.1 Å². The summed E-state index contributed by atoms with van der Waals surface area (Å²) in [6, 6.07) is 4.65. The van der Waals surface area contributed by atoms with E-state index >= 15 is 0 Å². The minimum Gasteiger partial charge on any atom is -0.404 e. The Hall–Kier alpha value is -2.05. The maximum absolute atomic E-state index is 12.6. The first kappa shape index (κ1) is 10.5. The Kier molecular flexibility index (Phi) is 2.30. The van der Waals surface area contributed by atoms with Crippen molar-refractivity contribution in [2.24, 2.45) is 0 Å². The summed E-state index contributed by atoms with van der Waals surface area (Å²) in [5, 5.41) is 6.73. The third kappa shape index (κ3) is 1.83. The lowest BCUT2D eigenvalue weighted by molar-refractivity contribution is -0.137. The molecule has 0 spiro atoms. The highest BCUT2D eigenvalue weighted by Gasteiger charge is 2.34. The van der Waals surface area contributed by atoms with Gasteiger partial charge < -0.3 is 10.2 Å². The Labute approximate surface area is 87.9 Å². The number of aromatic nitrogens is 2. The Bertz CT molecular complexity index is 507. The fraction of sp³-hybridized carbons (Fsp3) is 0.111. The molecule has 1 heterocycles. The van der Waals surface area contributed by atoms with Crippen LogP contribution in [-0.4, -0.2) is 10.2 Å². The van der Waals surface area contributed by atoms with Gasteiger partial charge in [0, 0.05) is 0 Å². The van der Waals surface area contributed by atoms with Gasteiger partial charge >= 0.3 is 12.2 Å². The second-order valence-electron chi connectivity index (χ2n) is 2.99. The molecule has 0 bridgehead atoms. The number of anilines is 1. The van der Waals surface area contributed by atoms with E-state index in [4.69, 9.17) is 10.2 Å². The first-order chi connectivity index (χ1) is 7.48. The van der Waals surface area contributed by atoms with E-state index in [2.05, 4.69) is 10.2 Å². The molecule has 0 aliphatic carbocycles. The molecule has 0 unspecified atom stereocenters. The van der Waals surface area contributed by atoms with E-state index in [9.17, 15) is 13.2 Å². The van der Waals surface area contributed by atoms with E-state index in [1.807, 2.05) is 0 Å². The zero-order valence-corrected chi connectivity index (χ0v) is 7.82. The molecule has 4 nitrogen and oxygen atoms in total. The first-order valence-electron chi connectivity index (χ1n) is 4.24. The number of nitrogen functional groups attached to an aromatic ring is 1. The highest BCUT2D eigenvalue weighted by atomic mass is 19.4. The Morgan fingerprint density at radius 2 is 1.81 bits per heavy atom. The van der Waals surface area contributed by atoms with E-state index in [0.29, 0.717) is 0 Å². The molecule has 1 aromatic carbocycles. The standard InChI is InChI=1S/C9H6F3N3O/c10-9(11,12)6-4-2-1-3-5(6)7-14-15-8(13)16-7/h1-4H,(H2,13,15). The van der Waals surface area contributed by atoms with E-state index in [-0.39, 0.29) is 17.5 Å². The van der Waals surface area contributed by atoms with Crippen molar-refractivity contribution in [2.45, 2.75) is 6.18 Å². The van der Waals surface area contributed by atoms with Gasteiger partial charge in [-0.3, -0.25) is 0 Å². The predicted octanol–water partition coefficient (Wildman–Crippen LogP) is 2.34. The van der Waals surface area contributed by atoms with Crippen LogP contribution in [0.3, 0.4) is 0 Å². The summed E-state index contributed by atoms with van der Waals surface area (Å²) in [5.41, 5.74) is 4.14. The molecule has 2 aromatic rings. The number of hydrogen-bond donors (Lipinski definition) is 1. The lowest BCUT2D eigenvalue weighted by Gasteiger charge is -2.09. The molecule has 2 N–H and O–H groups in total. The van der Waals surface area contributed by atoms with Crippen LogP contribution in [0.2, 0.25) is 0 Å². The predicted molar refractivity (Wildman–Crippen MR) is 49.1 cm³/mol. The molecule has 16 heavy (non-hydrogen) atoms. The second-order valence-corrected chi connectivity index (χ2v) is 2.99. The molecule has 0 fully saturated rings. The van der Waals surface area contributed by atoms with Crippen molar-refractivity contribution in [1.82, 2.24) is 10.2 Å². The molecular formula is C9H6F3N3O. The molecule has 84 valence electrons. The van der Waals surface area contributed by atoms with Crippen molar-refractivity contribution in [3.63, 3.8) is 0 Å². The van der Waals surface area contributed by atoms with Crippen LogP contribution in [0.25, 0.3) is 11.5 Å². The molecular weight excluding hydrogens is 223 g/mol. The summed E-state index contributed by atoms with van der Waals surface area (Å²) in [4.78, 5) is 0. The van der Waals surface area contributed by atoms with Crippen molar-refractivity contribution in [3.05, 3.63) is 29.8 Å². The van der Waals surface area contributed by atoms with Gasteiger partial charge in [-0.15, -0.1) is 5.10 Å². The van der Waals surface area contributed by atoms with Crippen LogP contribution < -0.4 is 5.73 Å². The van der Waals surface area contributed by atoms with Gasteiger partial charge in [-0.25, -0.2) is 0 Å². The van der Waals surface area contributed by atoms with Crippen LogP contribution in [0.5, 0.6) is 0 Å². The first-order valence-corrected chi connectivity index (χ1v) is 4.24. The van der Waals surface area contributed by atoms with Crippen LogP contribution in [0.15, 0.2) is 28.7 Å². The Morgan fingerprint density at radius 3 is 2.38 bits per heavy atom. The molecule has 7 heteroatoms. The van der Waals surface area contributed by atoms with Crippen molar-refractivity contribution >= 4 is 6.01 Å². The maximum atomic E-state index is 12.6. The molecule has 0 aliphatic rings. The van der Waals surface area contributed by atoms with Crippen LogP contribution in [-0.2, 0) is 6.18 Å². The van der Waals surface area contributed by atoms with Gasteiger partial charge in [0.05, 0.1) is 11.1 Å². The number of nitrogens with zero attached hydrogens (tertiary/aromatic N) is 2. The highest BCUT2D eigenvalue weighted by molar-refractivity contribution is 5.59. The molecule has 1 aromatic heterocycles. The lowest BCUT2D eigenvalue weighted by atomic mass is 10.1. The fourth-order valence-electron chi connectivity index (χ4n) is 1.26. The van der Waals surface area contributed by atoms with E-state index in [1.165, 1.54) is 18.2 Å². The minimum absolute atomic E-state index is 0.181. The second kappa shape index (κ2) is 3.51. The quantitative estimate of drug-likeness (QED) is 0.815. The monoisotopic (exact) mass is 229 g/mol. The number of benzene rings is 1. The fourth-order valence-corrected chi connectivity index (χ4v) is 1.26. The van der Waals surface area contributed by atoms with Gasteiger partial charge in [0.15, 0.2) is 0 Å². The summed E-state index contributed by atoms with van der Waals surface area (Å²) in [6.45, 7) is 0. The molecule has 0 aliphatic heterocycles. The lowest BCUT2D eigenvalue weighted by Crippen LogP contribution is -2.06. The van der Waals surface area contributed by atoms with Crippen molar-refractivity contribution in [2.75, 3.05) is 5.73 Å². The van der Waals surface area contributed by atoms with Crippen molar-refractivity contribution < 1.29 is 17.6 Å². The van der Waals surface area contributed by atoms with Crippen LogP contribution in [0, 0.1) is 0 Å². The molecule has 0 saturated heterocycles.